The summed E-state index contributed by atoms with van der Waals surface area (Å²) in [4.78, 5) is 17.2. The Balaban J connectivity index is 1.70. The van der Waals surface area contributed by atoms with Crippen LogP contribution >= 0.6 is 0 Å². The molecule has 0 saturated carbocycles. The largest absolute Gasteiger partial charge is 0.480 e. The maximum absolute atomic E-state index is 10.5. The lowest BCUT2D eigenvalue weighted by molar-refractivity contribution is -0.150. The van der Waals surface area contributed by atoms with E-state index in [4.69, 9.17) is 9.84 Å². The van der Waals surface area contributed by atoms with Gasteiger partial charge in [0, 0.05) is 18.5 Å². The van der Waals surface area contributed by atoms with Gasteiger partial charge in [0.05, 0.1) is 5.52 Å². The Bertz CT molecular complexity index is 650. The lowest BCUT2D eigenvalue weighted by atomic mass is 9.96. The van der Waals surface area contributed by atoms with Crippen LogP contribution in [0, 0.1) is 0 Å². The van der Waals surface area contributed by atoms with E-state index in [2.05, 4.69) is 9.88 Å². The Morgan fingerprint density at radius 3 is 2.85 bits per heavy atom. The zero-order valence-corrected chi connectivity index (χ0v) is 11.2. The maximum atomic E-state index is 10.5. The lowest BCUT2D eigenvalue weighted by Gasteiger charge is -2.47. The van der Waals surface area contributed by atoms with Crippen molar-refractivity contribution in [1.82, 2.24) is 4.98 Å². The first-order valence-corrected chi connectivity index (χ1v) is 6.52. The summed E-state index contributed by atoms with van der Waals surface area (Å²) < 4.78 is 5.40. The summed E-state index contributed by atoms with van der Waals surface area (Å²) in [6.45, 7) is 2.99. The van der Waals surface area contributed by atoms with Gasteiger partial charge in [0.15, 0.2) is 0 Å². The molecule has 1 N–H and O–H groups in total. The van der Waals surface area contributed by atoms with Crippen LogP contribution in [0.5, 0.6) is 0 Å². The summed E-state index contributed by atoms with van der Waals surface area (Å²) in [7, 11) is 0. The number of para-hydroxylation sites is 1. The Morgan fingerprint density at radius 1 is 1.35 bits per heavy atom. The van der Waals surface area contributed by atoms with Gasteiger partial charge in [-0.15, -0.1) is 0 Å². The molecule has 1 aromatic heterocycles. The molecule has 1 aromatic carbocycles. The van der Waals surface area contributed by atoms with Gasteiger partial charge in [-0.3, -0.25) is 0 Å². The van der Waals surface area contributed by atoms with Gasteiger partial charge in [-0.05, 0) is 25.1 Å². The summed E-state index contributed by atoms with van der Waals surface area (Å²) in [6.07, 6.45) is 0. The average molecular weight is 272 g/mol. The molecule has 1 aliphatic rings. The number of aliphatic carboxylic acids is 1. The molecule has 0 bridgehead atoms. The molecule has 0 unspecified atom stereocenters. The van der Waals surface area contributed by atoms with Gasteiger partial charge in [0.2, 0.25) is 0 Å². The predicted octanol–water partition coefficient (Wildman–Crippen LogP) is 1.91. The molecule has 0 spiro atoms. The molecular formula is C15H16N2O3. The number of hydrogen-bond acceptors (Lipinski definition) is 4. The number of carboxylic acids is 1. The van der Waals surface area contributed by atoms with Crippen molar-refractivity contribution in [2.45, 2.75) is 12.5 Å². The molecule has 104 valence electrons. The van der Waals surface area contributed by atoms with Crippen molar-refractivity contribution >= 4 is 22.7 Å². The highest BCUT2D eigenvalue weighted by atomic mass is 16.5. The number of benzene rings is 1. The quantitative estimate of drug-likeness (QED) is 0.921. The number of carboxylic acid groups (broad SMARTS) is 1. The number of nitrogens with zero attached hydrogens (tertiary/aromatic N) is 2. The van der Waals surface area contributed by atoms with Crippen LogP contribution in [-0.4, -0.2) is 41.4 Å². The minimum absolute atomic E-state index is 0.254. The van der Waals surface area contributed by atoms with Gasteiger partial charge in [-0.1, -0.05) is 18.2 Å². The molecule has 5 nitrogen and oxygen atoms in total. The summed E-state index contributed by atoms with van der Waals surface area (Å²) in [5, 5.41) is 9.76. The molecule has 3 rings (SSSR count). The van der Waals surface area contributed by atoms with Crippen molar-refractivity contribution < 1.29 is 14.6 Å². The number of ether oxygens (including phenoxy) is 1. The van der Waals surface area contributed by atoms with Gasteiger partial charge < -0.3 is 14.7 Å². The van der Waals surface area contributed by atoms with Crippen LogP contribution in [0.4, 0.5) is 5.82 Å². The molecule has 2 aromatic rings. The first kappa shape index (κ1) is 12.9. The van der Waals surface area contributed by atoms with Crippen molar-refractivity contribution in [2.75, 3.05) is 24.6 Å². The molecular weight excluding hydrogens is 256 g/mol. The van der Waals surface area contributed by atoms with E-state index in [0.717, 1.165) is 16.7 Å². The third kappa shape index (κ3) is 2.44. The highest BCUT2D eigenvalue weighted by Crippen LogP contribution is 2.30. The Kier molecular flexibility index (Phi) is 3.06. The van der Waals surface area contributed by atoms with Crippen molar-refractivity contribution in [1.29, 1.82) is 0 Å². The van der Waals surface area contributed by atoms with Crippen LogP contribution < -0.4 is 4.90 Å². The average Bonchev–Trinajstić information content (AvgIpc) is 2.41. The van der Waals surface area contributed by atoms with Gasteiger partial charge in [0.1, 0.15) is 18.0 Å². The standard InChI is InChI=1S/C15H16N2O3/c1-15(20-8-14(18)19)9-17(10-15)13-7-6-11-4-2-3-5-12(11)16-13/h2-7H,8-10H2,1H3,(H,18,19). The molecule has 0 aliphatic carbocycles. The SMILES string of the molecule is CC1(OCC(=O)O)CN(c2ccc3ccccc3n2)C1. The number of carbonyl (C=O) groups is 1. The van der Waals surface area contributed by atoms with E-state index in [-0.39, 0.29) is 6.61 Å². The lowest BCUT2D eigenvalue weighted by Crippen LogP contribution is -2.62. The molecule has 1 fully saturated rings. The van der Waals surface area contributed by atoms with E-state index in [1.54, 1.807) is 0 Å². The van der Waals surface area contributed by atoms with Gasteiger partial charge in [-0.2, -0.15) is 0 Å². The second kappa shape index (κ2) is 4.76. The number of pyridine rings is 1. The van der Waals surface area contributed by atoms with Crippen molar-refractivity contribution in [3.8, 4) is 0 Å². The topological polar surface area (TPSA) is 62.7 Å². The first-order valence-electron chi connectivity index (χ1n) is 6.52. The minimum atomic E-state index is -0.937. The van der Waals surface area contributed by atoms with Crippen molar-refractivity contribution in [3.05, 3.63) is 36.4 Å². The smallest absolute Gasteiger partial charge is 0.329 e. The Hall–Kier alpha value is -2.14. The first-order chi connectivity index (χ1) is 9.56. The number of anilines is 1. The molecule has 5 heteroatoms. The summed E-state index contributed by atoms with van der Waals surface area (Å²) in [6, 6.07) is 12.0. The normalized spacial score (nSPS) is 16.9. The van der Waals surface area contributed by atoms with Crippen molar-refractivity contribution in [2.24, 2.45) is 0 Å². The van der Waals surface area contributed by atoms with Crippen LogP contribution in [0.3, 0.4) is 0 Å². The molecule has 20 heavy (non-hydrogen) atoms. The fraction of sp³-hybridized carbons (Fsp3) is 0.333. The van der Waals surface area contributed by atoms with Crippen LogP contribution in [0.2, 0.25) is 0 Å². The number of fused-ring (bicyclic) bond motifs is 1. The molecule has 0 radical (unpaired) electrons. The molecule has 1 saturated heterocycles. The van der Waals surface area contributed by atoms with Gasteiger partial charge in [-0.25, -0.2) is 9.78 Å². The van der Waals surface area contributed by atoms with E-state index < -0.39 is 11.6 Å². The second-order valence-corrected chi connectivity index (χ2v) is 5.35. The van der Waals surface area contributed by atoms with E-state index in [0.29, 0.717) is 13.1 Å². The maximum Gasteiger partial charge on any atom is 0.329 e. The highest BCUT2D eigenvalue weighted by Gasteiger charge is 2.40. The summed E-state index contributed by atoms with van der Waals surface area (Å²) >= 11 is 0. The number of rotatable bonds is 4. The predicted molar refractivity (Wildman–Crippen MR) is 75.9 cm³/mol. The third-order valence-electron chi connectivity index (χ3n) is 3.50. The minimum Gasteiger partial charge on any atom is -0.480 e. The Morgan fingerprint density at radius 2 is 2.10 bits per heavy atom. The third-order valence-corrected chi connectivity index (χ3v) is 3.50. The van der Waals surface area contributed by atoms with Crippen LogP contribution in [-0.2, 0) is 9.53 Å². The highest BCUT2D eigenvalue weighted by molar-refractivity contribution is 5.80. The van der Waals surface area contributed by atoms with E-state index in [9.17, 15) is 4.79 Å². The molecule has 1 aliphatic heterocycles. The summed E-state index contributed by atoms with van der Waals surface area (Å²) in [5.41, 5.74) is 0.566. The number of hydrogen-bond donors (Lipinski definition) is 1. The van der Waals surface area contributed by atoms with Crippen LogP contribution in [0.15, 0.2) is 36.4 Å². The number of aromatic nitrogens is 1. The monoisotopic (exact) mass is 272 g/mol. The molecule has 0 atom stereocenters. The van der Waals surface area contributed by atoms with Gasteiger partial charge in [0.25, 0.3) is 0 Å². The fourth-order valence-corrected chi connectivity index (χ4v) is 2.48. The summed E-state index contributed by atoms with van der Waals surface area (Å²) in [5.74, 6) is -0.0337. The fourth-order valence-electron chi connectivity index (χ4n) is 2.48. The van der Waals surface area contributed by atoms with Crippen LogP contribution in [0.25, 0.3) is 10.9 Å². The zero-order chi connectivity index (χ0) is 14.2. The van der Waals surface area contributed by atoms with E-state index >= 15 is 0 Å². The van der Waals surface area contributed by atoms with E-state index in [1.165, 1.54) is 0 Å². The Labute approximate surface area is 116 Å². The van der Waals surface area contributed by atoms with Crippen molar-refractivity contribution in [3.63, 3.8) is 0 Å². The second-order valence-electron chi connectivity index (χ2n) is 5.35. The van der Waals surface area contributed by atoms with Crippen LogP contribution in [0.1, 0.15) is 6.92 Å². The van der Waals surface area contributed by atoms with E-state index in [1.807, 2.05) is 43.3 Å². The molecule has 2 heterocycles. The molecule has 0 amide bonds. The zero-order valence-electron chi connectivity index (χ0n) is 11.2. The van der Waals surface area contributed by atoms with Gasteiger partial charge >= 0.3 is 5.97 Å².